The Morgan fingerprint density at radius 1 is 0.792 bits per heavy atom. The van der Waals surface area contributed by atoms with Gasteiger partial charge in [0.15, 0.2) is 0 Å². The van der Waals surface area contributed by atoms with Crippen molar-refractivity contribution in [1.29, 1.82) is 0 Å². The summed E-state index contributed by atoms with van der Waals surface area (Å²) in [5.74, 6) is 0. The molecule has 0 aliphatic heterocycles. The molecule has 0 spiro atoms. The highest BCUT2D eigenvalue weighted by Gasteiger charge is 2.24. The van der Waals surface area contributed by atoms with Crippen LogP contribution in [0.4, 0.5) is 0 Å². The van der Waals surface area contributed by atoms with E-state index in [1.54, 1.807) is 11.3 Å². The highest BCUT2D eigenvalue weighted by molar-refractivity contribution is 7.13. The lowest BCUT2D eigenvalue weighted by molar-refractivity contribution is 1.23. The van der Waals surface area contributed by atoms with Crippen molar-refractivity contribution in [3.8, 4) is 33.0 Å². The van der Waals surface area contributed by atoms with Gasteiger partial charge in [-0.2, -0.15) is 0 Å². The molecule has 0 saturated heterocycles. The predicted molar refractivity (Wildman–Crippen MR) is 101 cm³/mol. The van der Waals surface area contributed by atoms with Crippen LogP contribution in [-0.2, 0) is 6.42 Å². The standard InChI is InChI=1S/C22H15NS/c1-2-7-15(8-3-1)20-14-18(21-11-6-12-24-21)19-13-16-9-4-5-10-17(16)22(19)23-20/h1-12,14H,13H2. The Hall–Kier alpha value is -2.71. The van der Waals surface area contributed by atoms with E-state index >= 15 is 0 Å². The maximum absolute atomic E-state index is 5.04. The van der Waals surface area contributed by atoms with E-state index in [1.807, 2.05) is 6.07 Å². The number of hydrogen-bond acceptors (Lipinski definition) is 2. The lowest BCUT2D eigenvalue weighted by Gasteiger charge is -2.11. The molecule has 0 fully saturated rings. The van der Waals surface area contributed by atoms with E-state index in [1.165, 1.54) is 32.7 Å². The van der Waals surface area contributed by atoms with Crippen LogP contribution in [0.15, 0.2) is 78.2 Å². The Labute approximate surface area is 145 Å². The van der Waals surface area contributed by atoms with Gasteiger partial charge in [-0.15, -0.1) is 11.3 Å². The van der Waals surface area contributed by atoms with Gasteiger partial charge in [0.2, 0.25) is 0 Å². The normalized spacial score (nSPS) is 12.0. The quantitative estimate of drug-likeness (QED) is 0.385. The SMILES string of the molecule is c1ccc(-c2cc(-c3cccs3)c3c(n2)-c2ccccc2C3)cc1. The molecule has 2 heterocycles. The zero-order valence-electron chi connectivity index (χ0n) is 13.1. The fourth-order valence-electron chi connectivity index (χ4n) is 3.48. The number of thiophene rings is 1. The van der Waals surface area contributed by atoms with Crippen LogP contribution in [0.1, 0.15) is 11.1 Å². The molecule has 2 aromatic carbocycles. The monoisotopic (exact) mass is 325 g/mol. The van der Waals surface area contributed by atoms with Gasteiger partial charge in [0, 0.05) is 22.4 Å². The van der Waals surface area contributed by atoms with E-state index in [-0.39, 0.29) is 0 Å². The van der Waals surface area contributed by atoms with Gasteiger partial charge in [-0.1, -0.05) is 60.7 Å². The Balaban J connectivity index is 1.80. The zero-order chi connectivity index (χ0) is 15.9. The molecule has 1 aliphatic rings. The predicted octanol–water partition coefficient (Wildman–Crippen LogP) is 6.05. The molecule has 0 saturated carbocycles. The number of aromatic nitrogens is 1. The first-order valence-corrected chi connectivity index (χ1v) is 8.99. The summed E-state index contributed by atoms with van der Waals surface area (Å²) < 4.78 is 0. The first kappa shape index (κ1) is 13.7. The molecule has 0 unspecified atom stereocenters. The van der Waals surface area contributed by atoms with E-state index in [0.717, 1.165) is 17.8 Å². The van der Waals surface area contributed by atoms with E-state index < -0.39 is 0 Å². The second kappa shape index (κ2) is 5.43. The smallest absolute Gasteiger partial charge is 0.0754 e. The van der Waals surface area contributed by atoms with Crippen molar-refractivity contribution in [3.05, 3.63) is 89.3 Å². The summed E-state index contributed by atoms with van der Waals surface area (Å²) in [4.78, 5) is 6.36. The Morgan fingerprint density at radius 2 is 1.62 bits per heavy atom. The van der Waals surface area contributed by atoms with E-state index in [4.69, 9.17) is 4.98 Å². The zero-order valence-corrected chi connectivity index (χ0v) is 13.9. The lowest BCUT2D eigenvalue weighted by Crippen LogP contribution is -1.93. The van der Waals surface area contributed by atoms with Crippen molar-refractivity contribution in [1.82, 2.24) is 4.98 Å². The third kappa shape index (κ3) is 2.11. The lowest BCUT2D eigenvalue weighted by atomic mass is 10.0. The maximum atomic E-state index is 5.04. The van der Waals surface area contributed by atoms with Gasteiger partial charge >= 0.3 is 0 Å². The summed E-state index contributed by atoms with van der Waals surface area (Å²) in [6, 6.07) is 25.7. The third-order valence-corrected chi connectivity index (χ3v) is 5.52. The molecule has 1 aliphatic carbocycles. The van der Waals surface area contributed by atoms with Gasteiger partial charge in [0.25, 0.3) is 0 Å². The van der Waals surface area contributed by atoms with Crippen LogP contribution in [0.25, 0.3) is 33.0 Å². The molecule has 1 nitrogen and oxygen atoms in total. The molecule has 2 heteroatoms. The minimum atomic E-state index is 0.973. The number of rotatable bonds is 2. The van der Waals surface area contributed by atoms with Crippen molar-refractivity contribution in [2.45, 2.75) is 6.42 Å². The fourth-order valence-corrected chi connectivity index (χ4v) is 4.25. The summed E-state index contributed by atoms with van der Waals surface area (Å²) in [6.07, 6.45) is 0.973. The second-order valence-corrected chi connectivity index (χ2v) is 7.01. The van der Waals surface area contributed by atoms with Crippen molar-refractivity contribution < 1.29 is 0 Å². The van der Waals surface area contributed by atoms with Crippen LogP contribution < -0.4 is 0 Å². The van der Waals surface area contributed by atoms with E-state index in [2.05, 4.69) is 72.1 Å². The third-order valence-electron chi connectivity index (χ3n) is 4.62. The van der Waals surface area contributed by atoms with E-state index in [9.17, 15) is 0 Å². The van der Waals surface area contributed by atoms with Crippen molar-refractivity contribution in [2.75, 3.05) is 0 Å². The maximum Gasteiger partial charge on any atom is 0.0754 e. The fraction of sp³-hybridized carbons (Fsp3) is 0.0455. The summed E-state index contributed by atoms with van der Waals surface area (Å²) in [5, 5.41) is 2.15. The Morgan fingerprint density at radius 3 is 2.46 bits per heavy atom. The topological polar surface area (TPSA) is 12.9 Å². The number of benzene rings is 2. The number of pyridine rings is 1. The van der Waals surface area contributed by atoms with Crippen LogP contribution in [-0.4, -0.2) is 4.98 Å². The Bertz CT molecular complexity index is 1020. The number of hydrogen-bond donors (Lipinski definition) is 0. The van der Waals surface area contributed by atoms with Gasteiger partial charge < -0.3 is 0 Å². The highest BCUT2D eigenvalue weighted by Crippen LogP contribution is 2.43. The number of fused-ring (bicyclic) bond motifs is 3. The minimum Gasteiger partial charge on any atom is -0.247 e. The van der Waals surface area contributed by atoms with Crippen LogP contribution in [0.5, 0.6) is 0 Å². The van der Waals surface area contributed by atoms with Gasteiger partial charge in [0.05, 0.1) is 11.4 Å². The van der Waals surface area contributed by atoms with Crippen molar-refractivity contribution in [2.24, 2.45) is 0 Å². The average Bonchev–Trinajstić information content (AvgIpc) is 3.29. The first-order valence-electron chi connectivity index (χ1n) is 8.11. The first-order chi connectivity index (χ1) is 11.9. The number of nitrogens with zero attached hydrogens (tertiary/aromatic N) is 1. The van der Waals surface area contributed by atoms with Crippen molar-refractivity contribution >= 4 is 11.3 Å². The molecule has 4 aromatic rings. The van der Waals surface area contributed by atoms with Crippen molar-refractivity contribution in [3.63, 3.8) is 0 Å². The average molecular weight is 325 g/mol. The molecule has 0 amide bonds. The van der Waals surface area contributed by atoms with Crippen LogP contribution in [0, 0.1) is 0 Å². The molecule has 0 bridgehead atoms. The molecule has 114 valence electrons. The van der Waals surface area contributed by atoms with E-state index in [0.29, 0.717) is 0 Å². The largest absolute Gasteiger partial charge is 0.247 e. The molecule has 24 heavy (non-hydrogen) atoms. The summed E-state index contributed by atoms with van der Waals surface area (Å²) in [5.41, 5.74) is 8.71. The molecule has 5 rings (SSSR count). The summed E-state index contributed by atoms with van der Waals surface area (Å²) >= 11 is 1.80. The molecule has 2 aromatic heterocycles. The van der Waals surface area contributed by atoms with Gasteiger partial charge in [-0.05, 0) is 34.2 Å². The molecular formula is C22H15NS. The Kier molecular flexibility index (Phi) is 3.10. The summed E-state index contributed by atoms with van der Waals surface area (Å²) in [6.45, 7) is 0. The van der Waals surface area contributed by atoms with Crippen LogP contribution in [0.2, 0.25) is 0 Å². The van der Waals surface area contributed by atoms with Crippen LogP contribution in [0.3, 0.4) is 0 Å². The molecule has 0 N–H and O–H groups in total. The molecule has 0 radical (unpaired) electrons. The van der Waals surface area contributed by atoms with Gasteiger partial charge in [-0.3, -0.25) is 0 Å². The van der Waals surface area contributed by atoms with Crippen LogP contribution >= 0.6 is 11.3 Å². The summed E-state index contributed by atoms with van der Waals surface area (Å²) in [7, 11) is 0. The second-order valence-electron chi connectivity index (χ2n) is 6.06. The van der Waals surface area contributed by atoms with Gasteiger partial charge in [0.1, 0.15) is 0 Å². The molecular weight excluding hydrogens is 310 g/mol. The van der Waals surface area contributed by atoms with Gasteiger partial charge in [-0.25, -0.2) is 4.98 Å². The highest BCUT2D eigenvalue weighted by atomic mass is 32.1. The minimum absolute atomic E-state index is 0.973. The molecule has 0 atom stereocenters.